The molecule has 1 aliphatic heterocycles. The molecule has 0 aromatic heterocycles. The molecule has 1 heterocycles. The van der Waals surface area contributed by atoms with E-state index < -0.39 is 18.0 Å². The fraction of sp³-hybridized carbons (Fsp3) is 0.308. The van der Waals surface area contributed by atoms with Gasteiger partial charge in [-0.05, 0) is 13.0 Å². The Bertz CT molecular complexity index is 509. The van der Waals surface area contributed by atoms with Crippen molar-refractivity contribution in [3.8, 4) is 0 Å². The Hall–Kier alpha value is -2.01. The van der Waals surface area contributed by atoms with Gasteiger partial charge in [0.1, 0.15) is 11.7 Å². The van der Waals surface area contributed by atoms with Gasteiger partial charge in [0, 0.05) is 18.3 Å². The van der Waals surface area contributed by atoms with Crippen LogP contribution >= 0.6 is 0 Å². The average Bonchev–Trinajstić information content (AvgIpc) is 2.37. The molecule has 96 valence electrons. The summed E-state index contributed by atoms with van der Waals surface area (Å²) < 4.78 is 4.91. The maximum absolute atomic E-state index is 12.1. The molecule has 0 bridgehead atoms. The van der Waals surface area contributed by atoms with E-state index in [0.29, 0.717) is 11.3 Å². The van der Waals surface area contributed by atoms with E-state index >= 15 is 0 Å². The zero-order valence-corrected chi connectivity index (χ0v) is 10.3. The van der Waals surface area contributed by atoms with E-state index in [-0.39, 0.29) is 12.2 Å². The number of carbonyl (C=O) groups is 1. The number of ether oxygens (including phenoxy) is 1. The lowest BCUT2D eigenvalue weighted by Crippen LogP contribution is -2.36. The van der Waals surface area contributed by atoms with Crippen LogP contribution in [0.1, 0.15) is 18.6 Å². The molecule has 0 radical (unpaired) electrons. The van der Waals surface area contributed by atoms with Gasteiger partial charge in [-0.3, -0.25) is 4.79 Å². The van der Waals surface area contributed by atoms with E-state index in [1.54, 1.807) is 38.2 Å². The van der Waals surface area contributed by atoms with E-state index in [9.17, 15) is 15.0 Å². The van der Waals surface area contributed by atoms with Gasteiger partial charge in [-0.1, -0.05) is 18.2 Å². The lowest BCUT2D eigenvalue weighted by Gasteiger charge is -2.30. The predicted molar refractivity (Wildman–Crippen MR) is 66.1 cm³/mol. The number of nitrogens with zero attached hydrogens (tertiary/aromatic N) is 1. The number of aliphatic hydroxyl groups excluding tert-OH is 2. The fourth-order valence-corrected chi connectivity index (χ4v) is 2.01. The van der Waals surface area contributed by atoms with Gasteiger partial charge in [0.25, 0.3) is 11.9 Å². The summed E-state index contributed by atoms with van der Waals surface area (Å²) in [5, 5.41) is 19.9. The van der Waals surface area contributed by atoms with Crippen LogP contribution in [-0.4, -0.2) is 29.8 Å². The standard InChI is InChI=1S/C13H15NO4/c1-3-18-13(17)10-11(15)8-6-4-5-7-9(8)14(2)12(10)16/h4-7,11,15,17H,3H2,1-2H3/b13-10-. The third-order valence-electron chi connectivity index (χ3n) is 2.91. The maximum Gasteiger partial charge on any atom is 0.288 e. The number of fused-ring (bicyclic) bond motifs is 1. The predicted octanol–water partition coefficient (Wildman–Crippen LogP) is 1.50. The molecule has 0 saturated carbocycles. The van der Waals surface area contributed by atoms with Crippen molar-refractivity contribution in [2.24, 2.45) is 0 Å². The molecule has 2 rings (SSSR count). The van der Waals surface area contributed by atoms with E-state index in [1.165, 1.54) is 4.90 Å². The lowest BCUT2D eigenvalue weighted by molar-refractivity contribution is -0.117. The highest BCUT2D eigenvalue weighted by molar-refractivity contribution is 6.09. The number of likely N-dealkylation sites (N-methyl/N-ethyl adjacent to an activating group) is 1. The van der Waals surface area contributed by atoms with E-state index in [2.05, 4.69) is 0 Å². The number of hydrogen-bond donors (Lipinski definition) is 2. The molecule has 1 unspecified atom stereocenters. The van der Waals surface area contributed by atoms with Crippen LogP contribution in [0.25, 0.3) is 0 Å². The molecule has 1 aliphatic rings. The van der Waals surface area contributed by atoms with Gasteiger partial charge in [-0.15, -0.1) is 0 Å². The summed E-state index contributed by atoms with van der Waals surface area (Å²) in [5.74, 6) is -0.983. The van der Waals surface area contributed by atoms with E-state index in [4.69, 9.17) is 4.74 Å². The van der Waals surface area contributed by atoms with Crippen LogP contribution < -0.4 is 4.90 Å². The number of rotatable bonds is 2. The Balaban J connectivity index is 2.55. The molecule has 1 aromatic carbocycles. The first-order chi connectivity index (χ1) is 8.57. The largest absolute Gasteiger partial charge is 0.481 e. The normalized spacial score (nSPS) is 21.6. The van der Waals surface area contributed by atoms with Crippen LogP contribution in [0.3, 0.4) is 0 Å². The second-order valence-corrected chi connectivity index (χ2v) is 3.98. The highest BCUT2D eigenvalue weighted by Gasteiger charge is 2.36. The van der Waals surface area contributed by atoms with E-state index in [0.717, 1.165) is 0 Å². The van der Waals surface area contributed by atoms with Crippen molar-refractivity contribution >= 4 is 11.6 Å². The molecule has 2 N–H and O–H groups in total. The zero-order chi connectivity index (χ0) is 13.3. The first kappa shape index (κ1) is 12.4. The van der Waals surface area contributed by atoms with E-state index in [1.807, 2.05) is 0 Å². The Morgan fingerprint density at radius 3 is 2.78 bits per heavy atom. The highest BCUT2D eigenvalue weighted by Crippen LogP contribution is 2.37. The topological polar surface area (TPSA) is 70.0 Å². The first-order valence-corrected chi connectivity index (χ1v) is 5.68. The SMILES string of the molecule is CCO/C(O)=C1\C(=O)N(C)c2ccccc2C1O. The second kappa shape index (κ2) is 4.70. The molecule has 1 atom stereocenters. The monoisotopic (exact) mass is 249 g/mol. The lowest BCUT2D eigenvalue weighted by atomic mass is 9.94. The number of benzene rings is 1. The minimum atomic E-state index is -1.17. The van der Waals surface area contributed by atoms with Crippen molar-refractivity contribution in [3.63, 3.8) is 0 Å². The molecule has 5 heteroatoms. The summed E-state index contributed by atoms with van der Waals surface area (Å²) >= 11 is 0. The number of hydrogen-bond acceptors (Lipinski definition) is 4. The third kappa shape index (κ3) is 1.82. The molecular weight excluding hydrogens is 234 g/mol. The van der Waals surface area contributed by atoms with Crippen LogP contribution in [0.5, 0.6) is 0 Å². The summed E-state index contributed by atoms with van der Waals surface area (Å²) in [7, 11) is 1.59. The molecule has 0 aliphatic carbocycles. The minimum absolute atomic E-state index is 0.127. The van der Waals surface area contributed by atoms with Crippen LogP contribution in [0, 0.1) is 0 Å². The van der Waals surface area contributed by atoms with Crippen LogP contribution in [0.4, 0.5) is 5.69 Å². The number of amides is 1. The summed E-state index contributed by atoms with van der Waals surface area (Å²) in [6.07, 6.45) is -1.17. The van der Waals surface area contributed by atoms with Crippen molar-refractivity contribution in [2.45, 2.75) is 13.0 Å². The molecule has 0 saturated heterocycles. The van der Waals surface area contributed by atoms with Crippen molar-refractivity contribution in [2.75, 3.05) is 18.6 Å². The van der Waals surface area contributed by atoms with Gasteiger partial charge in [0.2, 0.25) is 0 Å². The van der Waals surface area contributed by atoms with Gasteiger partial charge in [-0.2, -0.15) is 0 Å². The quantitative estimate of drug-likeness (QED) is 0.615. The molecule has 18 heavy (non-hydrogen) atoms. The van der Waals surface area contributed by atoms with Crippen LogP contribution in [0.2, 0.25) is 0 Å². The highest BCUT2D eigenvalue weighted by atomic mass is 16.6. The van der Waals surface area contributed by atoms with Crippen LogP contribution in [0.15, 0.2) is 35.8 Å². The summed E-state index contributed by atoms with van der Waals surface area (Å²) in [5.41, 5.74) is 1.07. The van der Waals surface area contributed by atoms with Gasteiger partial charge in [0.15, 0.2) is 0 Å². The van der Waals surface area contributed by atoms with Crippen molar-refractivity contribution in [1.29, 1.82) is 0 Å². The zero-order valence-electron chi connectivity index (χ0n) is 10.3. The van der Waals surface area contributed by atoms with Gasteiger partial charge < -0.3 is 19.8 Å². The molecule has 0 fully saturated rings. The van der Waals surface area contributed by atoms with Gasteiger partial charge >= 0.3 is 0 Å². The Kier molecular flexibility index (Phi) is 3.25. The first-order valence-electron chi connectivity index (χ1n) is 5.68. The van der Waals surface area contributed by atoms with Gasteiger partial charge in [0.05, 0.1) is 6.61 Å². The third-order valence-corrected chi connectivity index (χ3v) is 2.91. The van der Waals surface area contributed by atoms with Crippen molar-refractivity contribution < 1.29 is 19.7 Å². The molecule has 1 amide bonds. The summed E-state index contributed by atoms with van der Waals surface area (Å²) in [6, 6.07) is 7.00. The number of carbonyl (C=O) groups excluding carboxylic acids is 1. The number of para-hydroxylation sites is 1. The van der Waals surface area contributed by atoms with Crippen LogP contribution in [-0.2, 0) is 9.53 Å². The Morgan fingerprint density at radius 2 is 2.11 bits per heavy atom. The van der Waals surface area contributed by atoms with Crippen molar-refractivity contribution in [1.82, 2.24) is 0 Å². The van der Waals surface area contributed by atoms with Gasteiger partial charge in [-0.25, -0.2) is 0 Å². The maximum atomic E-state index is 12.1. The molecule has 1 aromatic rings. The average molecular weight is 249 g/mol. The Morgan fingerprint density at radius 1 is 1.44 bits per heavy atom. The molecular formula is C13H15NO4. The molecule has 0 spiro atoms. The fourth-order valence-electron chi connectivity index (χ4n) is 2.01. The summed E-state index contributed by atoms with van der Waals surface area (Å²) in [6.45, 7) is 1.91. The summed E-state index contributed by atoms with van der Waals surface area (Å²) in [4.78, 5) is 13.5. The minimum Gasteiger partial charge on any atom is -0.481 e. The number of aliphatic hydroxyl groups is 2. The number of anilines is 1. The second-order valence-electron chi connectivity index (χ2n) is 3.98. The van der Waals surface area contributed by atoms with Crippen molar-refractivity contribution in [3.05, 3.63) is 41.3 Å². The smallest absolute Gasteiger partial charge is 0.288 e. The Labute approximate surface area is 105 Å². The molecule has 5 nitrogen and oxygen atoms in total.